The Morgan fingerprint density at radius 3 is 2.81 bits per heavy atom. The van der Waals surface area contributed by atoms with Gasteiger partial charge < -0.3 is 9.47 Å². The van der Waals surface area contributed by atoms with Crippen molar-refractivity contribution in [2.75, 3.05) is 7.11 Å². The van der Waals surface area contributed by atoms with Crippen LogP contribution in [0.1, 0.15) is 11.1 Å². The number of halogens is 2. The molecular weight excluding hydrogens is 440 g/mol. The van der Waals surface area contributed by atoms with Gasteiger partial charge in [-0.25, -0.2) is 0 Å². The smallest absolute Gasteiger partial charge is 0.216 e. The lowest BCUT2D eigenvalue weighted by molar-refractivity contribution is 0.295. The van der Waals surface area contributed by atoms with E-state index in [4.69, 9.17) is 33.3 Å². The van der Waals surface area contributed by atoms with Crippen LogP contribution in [-0.2, 0) is 6.61 Å². The first kappa shape index (κ1) is 18.6. The Bertz CT molecular complexity index is 1000. The van der Waals surface area contributed by atoms with Gasteiger partial charge in [0.1, 0.15) is 24.4 Å². The van der Waals surface area contributed by atoms with Gasteiger partial charge in [-0.3, -0.25) is 5.10 Å². The molecule has 0 aliphatic heterocycles. The number of nitrogens with one attached hydrogen (secondary N) is 1. The average molecular weight is 454 g/mol. The molecule has 0 aliphatic carbocycles. The lowest BCUT2D eigenvalue weighted by atomic mass is 10.1. The molecule has 26 heavy (non-hydrogen) atoms. The molecule has 9 heteroatoms. The molecule has 6 nitrogen and oxygen atoms in total. The standard InChI is InChI=1S/C17H14BrClN4O2S/c1-24-15-4-2-11(8-21-23-10-20-22-17(23)26)6-12(15)9-25-16-5-3-13(19)7-14(16)18/h2-8,10H,9H2,1H3,(H,22,26). The van der Waals surface area contributed by atoms with E-state index < -0.39 is 0 Å². The van der Waals surface area contributed by atoms with Gasteiger partial charge in [0.15, 0.2) is 0 Å². The fourth-order valence-electron chi connectivity index (χ4n) is 2.19. The van der Waals surface area contributed by atoms with Crippen LogP contribution >= 0.6 is 39.7 Å². The fourth-order valence-corrected chi connectivity index (χ4v) is 3.14. The molecule has 3 aromatic rings. The van der Waals surface area contributed by atoms with E-state index in [-0.39, 0.29) is 0 Å². The van der Waals surface area contributed by atoms with Gasteiger partial charge >= 0.3 is 0 Å². The van der Waals surface area contributed by atoms with Crippen molar-refractivity contribution >= 4 is 46.0 Å². The predicted molar refractivity (Wildman–Crippen MR) is 107 cm³/mol. The fraction of sp³-hybridized carbons (Fsp3) is 0.118. The topological polar surface area (TPSA) is 64.4 Å². The Kier molecular flexibility index (Phi) is 6.08. The van der Waals surface area contributed by atoms with Crippen LogP contribution in [-0.4, -0.2) is 28.2 Å². The summed E-state index contributed by atoms with van der Waals surface area (Å²) >= 11 is 14.5. The number of hydrogen-bond donors (Lipinski definition) is 1. The zero-order valence-electron chi connectivity index (χ0n) is 13.6. The first-order valence-electron chi connectivity index (χ1n) is 7.48. The summed E-state index contributed by atoms with van der Waals surface area (Å²) in [6.07, 6.45) is 3.19. The number of rotatable bonds is 6. The maximum atomic E-state index is 5.95. The Morgan fingerprint density at radius 1 is 1.31 bits per heavy atom. The molecule has 2 aromatic carbocycles. The third kappa shape index (κ3) is 4.51. The number of benzene rings is 2. The van der Waals surface area contributed by atoms with E-state index in [1.165, 1.54) is 11.0 Å². The molecule has 0 saturated carbocycles. The molecule has 1 aromatic heterocycles. The third-order valence-corrected chi connectivity index (χ3v) is 4.58. The number of aromatic amines is 1. The highest BCUT2D eigenvalue weighted by Gasteiger charge is 2.07. The van der Waals surface area contributed by atoms with E-state index in [1.54, 1.807) is 25.5 Å². The van der Waals surface area contributed by atoms with Crippen molar-refractivity contribution in [3.63, 3.8) is 0 Å². The molecule has 134 valence electrons. The zero-order chi connectivity index (χ0) is 18.5. The second kappa shape index (κ2) is 8.48. The number of H-pyrrole nitrogens is 1. The normalized spacial score (nSPS) is 11.0. The number of aromatic nitrogens is 3. The molecule has 0 fully saturated rings. The van der Waals surface area contributed by atoms with E-state index in [0.717, 1.165) is 21.3 Å². The summed E-state index contributed by atoms with van der Waals surface area (Å²) in [5.74, 6) is 1.42. The summed E-state index contributed by atoms with van der Waals surface area (Å²) < 4.78 is 14.0. The molecule has 0 amide bonds. The number of ether oxygens (including phenoxy) is 2. The molecular formula is C17H14BrClN4O2S. The van der Waals surface area contributed by atoms with E-state index >= 15 is 0 Å². The first-order valence-corrected chi connectivity index (χ1v) is 9.06. The third-order valence-electron chi connectivity index (χ3n) is 3.45. The highest BCUT2D eigenvalue weighted by Crippen LogP contribution is 2.29. The van der Waals surface area contributed by atoms with Crippen LogP contribution in [0.2, 0.25) is 5.02 Å². The van der Waals surface area contributed by atoms with Crippen molar-refractivity contribution in [1.29, 1.82) is 0 Å². The maximum absolute atomic E-state index is 5.95. The maximum Gasteiger partial charge on any atom is 0.216 e. The molecule has 1 N–H and O–H groups in total. The quantitative estimate of drug-likeness (QED) is 0.429. The van der Waals surface area contributed by atoms with Gasteiger partial charge in [-0.1, -0.05) is 11.6 Å². The Morgan fingerprint density at radius 2 is 2.12 bits per heavy atom. The van der Waals surface area contributed by atoms with Crippen LogP contribution < -0.4 is 9.47 Å². The van der Waals surface area contributed by atoms with Crippen LogP contribution in [0.3, 0.4) is 0 Å². The lowest BCUT2D eigenvalue weighted by Gasteiger charge is -2.12. The minimum Gasteiger partial charge on any atom is -0.496 e. The lowest BCUT2D eigenvalue weighted by Crippen LogP contribution is -2.01. The summed E-state index contributed by atoms with van der Waals surface area (Å²) in [5, 5.41) is 11.4. The second-order valence-electron chi connectivity index (χ2n) is 5.19. The summed E-state index contributed by atoms with van der Waals surface area (Å²) in [6, 6.07) is 11.1. The molecule has 3 rings (SSSR count). The minimum absolute atomic E-state index is 0.330. The van der Waals surface area contributed by atoms with Gasteiger partial charge in [-0.2, -0.15) is 14.9 Å². The molecule has 0 atom stereocenters. The Labute approximate surface area is 168 Å². The van der Waals surface area contributed by atoms with Crippen molar-refractivity contribution in [3.05, 3.63) is 68.1 Å². The first-order chi connectivity index (χ1) is 12.6. The molecule has 0 spiro atoms. The minimum atomic E-state index is 0.330. The van der Waals surface area contributed by atoms with Gasteiger partial charge in [0.25, 0.3) is 0 Å². The van der Waals surface area contributed by atoms with E-state index in [9.17, 15) is 0 Å². The second-order valence-corrected chi connectivity index (χ2v) is 6.86. The van der Waals surface area contributed by atoms with Gasteiger partial charge in [0.2, 0.25) is 4.77 Å². The van der Waals surface area contributed by atoms with E-state index in [1.807, 2.05) is 24.3 Å². The molecule has 0 unspecified atom stereocenters. The van der Waals surface area contributed by atoms with Gasteiger partial charge in [0, 0.05) is 10.6 Å². The van der Waals surface area contributed by atoms with Crippen LogP contribution in [0.15, 0.2) is 52.3 Å². The van der Waals surface area contributed by atoms with Crippen molar-refractivity contribution in [3.8, 4) is 11.5 Å². The van der Waals surface area contributed by atoms with E-state index in [2.05, 4.69) is 31.2 Å². The van der Waals surface area contributed by atoms with Crippen LogP contribution in [0, 0.1) is 4.77 Å². The molecule has 0 aliphatic rings. The van der Waals surface area contributed by atoms with E-state index in [0.29, 0.717) is 22.2 Å². The molecule has 0 bridgehead atoms. The highest BCUT2D eigenvalue weighted by molar-refractivity contribution is 9.10. The largest absolute Gasteiger partial charge is 0.496 e. The monoisotopic (exact) mass is 452 g/mol. The van der Waals surface area contributed by atoms with Gasteiger partial charge in [-0.05, 0) is 70.1 Å². The van der Waals surface area contributed by atoms with Crippen LogP contribution in [0.5, 0.6) is 11.5 Å². The van der Waals surface area contributed by atoms with Crippen molar-refractivity contribution in [2.45, 2.75) is 6.61 Å². The zero-order valence-corrected chi connectivity index (χ0v) is 16.8. The van der Waals surface area contributed by atoms with Gasteiger partial charge in [-0.15, -0.1) is 0 Å². The summed E-state index contributed by atoms with van der Waals surface area (Å²) in [5.41, 5.74) is 1.76. The molecule has 1 heterocycles. The molecule has 0 radical (unpaired) electrons. The summed E-state index contributed by atoms with van der Waals surface area (Å²) in [7, 11) is 1.62. The SMILES string of the molecule is COc1ccc(C=Nn2cn[nH]c2=S)cc1COc1ccc(Cl)cc1Br. The van der Waals surface area contributed by atoms with Gasteiger partial charge in [0.05, 0.1) is 17.8 Å². The van der Waals surface area contributed by atoms with Crippen molar-refractivity contribution in [1.82, 2.24) is 14.9 Å². The highest BCUT2D eigenvalue weighted by atomic mass is 79.9. The summed E-state index contributed by atoms with van der Waals surface area (Å²) in [6.45, 7) is 0.330. The predicted octanol–water partition coefficient (Wildman–Crippen LogP) is 4.83. The number of methoxy groups -OCH3 is 1. The number of hydrogen-bond acceptors (Lipinski definition) is 5. The summed E-state index contributed by atoms with van der Waals surface area (Å²) in [4.78, 5) is 0. The number of nitrogens with zero attached hydrogens (tertiary/aromatic N) is 3. The van der Waals surface area contributed by atoms with Crippen LogP contribution in [0.25, 0.3) is 0 Å². The average Bonchev–Trinajstić information content (AvgIpc) is 3.04. The Hall–Kier alpha value is -2.16. The molecule has 0 saturated heterocycles. The van der Waals surface area contributed by atoms with Crippen LogP contribution in [0.4, 0.5) is 0 Å². The van der Waals surface area contributed by atoms with Crippen molar-refractivity contribution < 1.29 is 9.47 Å². The Balaban J connectivity index is 1.80. The van der Waals surface area contributed by atoms with Crippen molar-refractivity contribution in [2.24, 2.45) is 5.10 Å².